The molecule has 1 saturated heterocycles. The van der Waals surface area contributed by atoms with Crippen LogP contribution in [0.5, 0.6) is 0 Å². The highest BCUT2D eigenvalue weighted by molar-refractivity contribution is 5.93. The molecule has 2 rings (SSSR count). The molecule has 141 valence electrons. The molecule has 0 aliphatic carbocycles. The predicted octanol–water partition coefficient (Wildman–Crippen LogP) is -1.97. The Bertz CT molecular complexity index is 647. The summed E-state index contributed by atoms with van der Waals surface area (Å²) in [5, 5.41) is 14.0. The van der Waals surface area contributed by atoms with Gasteiger partial charge in [-0.15, -0.1) is 0 Å². The molecule has 1 aromatic rings. The number of nitrogens with zero attached hydrogens (tertiary/aromatic N) is 2. The lowest BCUT2D eigenvalue weighted by Crippen LogP contribution is -2.55. The number of amides is 3. The van der Waals surface area contributed by atoms with Crippen LogP contribution in [0.4, 0.5) is 0 Å². The summed E-state index contributed by atoms with van der Waals surface area (Å²) in [6.45, 7) is 1.29. The van der Waals surface area contributed by atoms with E-state index in [2.05, 4.69) is 20.6 Å². The smallest absolute Gasteiger partial charge is 0.243 e. The number of likely N-dealkylation sites (tertiary alicyclic amines) is 1. The van der Waals surface area contributed by atoms with Gasteiger partial charge in [-0.1, -0.05) is 0 Å². The van der Waals surface area contributed by atoms with E-state index in [1.54, 1.807) is 6.20 Å². The topological polar surface area (TPSA) is 144 Å². The Labute approximate surface area is 150 Å². The lowest BCUT2D eigenvalue weighted by molar-refractivity contribution is -0.138. The van der Waals surface area contributed by atoms with Crippen LogP contribution in [0, 0.1) is 0 Å². The number of hydrogen-bond donors (Lipinski definition) is 4. The normalized spacial score (nSPS) is 18.8. The molecule has 26 heavy (non-hydrogen) atoms. The Morgan fingerprint density at radius 1 is 1.46 bits per heavy atom. The molecule has 0 saturated carbocycles. The number of nitrogens with one attached hydrogen (secondary N) is 3. The standard InChI is InChI=1S/C16H22N5O5/c1-10(24)21-4-2-3-14(21)16(26)20-13(5-11-6-17-9-18-11)15(25)19-12(7-22)8-23/h6,9,12-14,22H,2-5,7H2,1H3,(H,17,18)(H,19,25)(H,20,26)/t12-,13-,14-/m0/s1. The summed E-state index contributed by atoms with van der Waals surface area (Å²) in [5.41, 5.74) is 0.538. The predicted molar refractivity (Wildman–Crippen MR) is 89.3 cm³/mol. The van der Waals surface area contributed by atoms with E-state index in [4.69, 9.17) is 5.11 Å². The maximum absolute atomic E-state index is 12.6. The fourth-order valence-corrected chi connectivity index (χ4v) is 2.89. The maximum Gasteiger partial charge on any atom is 0.243 e. The number of imidazole rings is 1. The summed E-state index contributed by atoms with van der Waals surface area (Å²) in [7, 11) is 0. The molecule has 10 nitrogen and oxygen atoms in total. The van der Waals surface area contributed by atoms with Gasteiger partial charge < -0.3 is 25.6 Å². The molecule has 1 fully saturated rings. The van der Waals surface area contributed by atoms with Gasteiger partial charge in [-0.05, 0) is 12.8 Å². The van der Waals surface area contributed by atoms with Crippen molar-refractivity contribution in [2.45, 2.75) is 44.3 Å². The Morgan fingerprint density at radius 2 is 2.23 bits per heavy atom. The van der Waals surface area contributed by atoms with Gasteiger partial charge in [-0.25, -0.2) is 4.98 Å². The number of hydrogen-bond acceptors (Lipinski definition) is 6. The van der Waals surface area contributed by atoms with Crippen molar-refractivity contribution < 1.29 is 24.3 Å². The third-order valence-corrected chi connectivity index (χ3v) is 4.20. The van der Waals surface area contributed by atoms with Crippen molar-refractivity contribution in [3.8, 4) is 0 Å². The lowest BCUT2D eigenvalue weighted by atomic mass is 10.1. The summed E-state index contributed by atoms with van der Waals surface area (Å²) < 4.78 is 0. The maximum atomic E-state index is 12.6. The molecule has 0 unspecified atom stereocenters. The molecule has 0 spiro atoms. The molecular formula is C16H22N5O5. The van der Waals surface area contributed by atoms with Crippen molar-refractivity contribution >= 4 is 24.0 Å². The number of rotatable bonds is 8. The van der Waals surface area contributed by atoms with E-state index in [-0.39, 0.29) is 12.3 Å². The third-order valence-electron chi connectivity index (χ3n) is 4.20. The Balaban J connectivity index is 2.09. The van der Waals surface area contributed by atoms with E-state index in [1.807, 2.05) is 0 Å². The second-order valence-electron chi connectivity index (χ2n) is 6.06. The molecule has 3 atom stereocenters. The molecule has 2 heterocycles. The van der Waals surface area contributed by atoms with Crippen molar-refractivity contribution in [2.24, 2.45) is 0 Å². The summed E-state index contributed by atoms with van der Waals surface area (Å²) >= 11 is 0. The Hall–Kier alpha value is -2.75. The minimum Gasteiger partial charge on any atom is -0.394 e. The molecule has 0 bridgehead atoms. The van der Waals surface area contributed by atoms with Crippen LogP contribution in [-0.2, 0) is 25.6 Å². The van der Waals surface area contributed by atoms with Crippen LogP contribution in [0.3, 0.4) is 0 Å². The SMILES string of the molecule is CC(=O)N1CCC[C@H]1C(=O)N[C@@H](Cc1c[nH]cn1)C(=O)N[C@H]([C]=O)CO. The number of aliphatic hydroxyl groups excluding tert-OH is 1. The average molecular weight is 364 g/mol. The monoisotopic (exact) mass is 364 g/mol. The third kappa shape index (κ3) is 4.88. The zero-order chi connectivity index (χ0) is 19.1. The van der Waals surface area contributed by atoms with Gasteiger partial charge >= 0.3 is 0 Å². The second kappa shape index (κ2) is 9.09. The van der Waals surface area contributed by atoms with Gasteiger partial charge in [0.25, 0.3) is 0 Å². The van der Waals surface area contributed by atoms with Gasteiger partial charge in [0, 0.05) is 26.1 Å². The van der Waals surface area contributed by atoms with Crippen LogP contribution in [-0.4, -0.2) is 75.3 Å². The minimum absolute atomic E-state index is 0.0882. The van der Waals surface area contributed by atoms with E-state index in [0.29, 0.717) is 25.1 Å². The molecule has 4 N–H and O–H groups in total. The van der Waals surface area contributed by atoms with Crippen molar-refractivity contribution in [2.75, 3.05) is 13.2 Å². The minimum atomic E-state index is -1.18. The summed E-state index contributed by atoms with van der Waals surface area (Å²) in [6, 6.07) is -2.82. The molecule has 0 aromatic carbocycles. The quantitative estimate of drug-likeness (QED) is 0.421. The van der Waals surface area contributed by atoms with Crippen LogP contribution >= 0.6 is 0 Å². The van der Waals surface area contributed by atoms with E-state index in [0.717, 1.165) is 0 Å². The number of aromatic nitrogens is 2. The van der Waals surface area contributed by atoms with Crippen LogP contribution in [0.1, 0.15) is 25.5 Å². The highest BCUT2D eigenvalue weighted by atomic mass is 16.3. The first-order chi connectivity index (χ1) is 12.5. The largest absolute Gasteiger partial charge is 0.394 e. The number of aliphatic hydroxyl groups is 1. The van der Waals surface area contributed by atoms with Gasteiger partial charge in [0.1, 0.15) is 18.1 Å². The second-order valence-corrected chi connectivity index (χ2v) is 6.06. The first-order valence-electron chi connectivity index (χ1n) is 8.30. The van der Waals surface area contributed by atoms with E-state index < -0.39 is 36.5 Å². The number of aromatic amines is 1. The fourth-order valence-electron chi connectivity index (χ4n) is 2.89. The van der Waals surface area contributed by atoms with Gasteiger partial charge in [-0.2, -0.15) is 0 Å². The Kier molecular flexibility index (Phi) is 6.84. The number of H-pyrrole nitrogens is 1. The number of carbonyl (C=O) groups excluding carboxylic acids is 4. The summed E-state index contributed by atoms with van der Waals surface area (Å²) in [6.07, 6.45) is 5.85. The zero-order valence-electron chi connectivity index (χ0n) is 14.4. The van der Waals surface area contributed by atoms with Crippen molar-refractivity contribution in [1.29, 1.82) is 0 Å². The fraction of sp³-hybridized carbons (Fsp3) is 0.562. The molecule has 10 heteroatoms. The molecule has 1 radical (unpaired) electrons. The molecule has 1 aliphatic rings. The van der Waals surface area contributed by atoms with E-state index >= 15 is 0 Å². The lowest BCUT2D eigenvalue weighted by Gasteiger charge is -2.25. The van der Waals surface area contributed by atoms with Crippen LogP contribution in [0.15, 0.2) is 12.5 Å². The molecule has 1 aromatic heterocycles. The summed E-state index contributed by atoms with van der Waals surface area (Å²) in [5.74, 6) is -1.29. The van der Waals surface area contributed by atoms with Gasteiger partial charge in [0.2, 0.25) is 24.0 Å². The first-order valence-corrected chi connectivity index (χ1v) is 8.30. The van der Waals surface area contributed by atoms with Crippen LogP contribution in [0.2, 0.25) is 0 Å². The van der Waals surface area contributed by atoms with Gasteiger partial charge in [-0.3, -0.25) is 19.2 Å². The molecule has 1 aliphatic heterocycles. The van der Waals surface area contributed by atoms with E-state index in [1.165, 1.54) is 24.4 Å². The highest BCUT2D eigenvalue weighted by Crippen LogP contribution is 2.17. The van der Waals surface area contributed by atoms with Gasteiger partial charge in [0.15, 0.2) is 0 Å². The van der Waals surface area contributed by atoms with E-state index in [9.17, 15) is 19.2 Å². The number of carbonyl (C=O) groups is 3. The summed E-state index contributed by atoms with van der Waals surface area (Å²) in [4.78, 5) is 55.6. The molecular weight excluding hydrogens is 342 g/mol. The van der Waals surface area contributed by atoms with Crippen molar-refractivity contribution in [3.63, 3.8) is 0 Å². The first kappa shape index (κ1) is 19.6. The zero-order valence-corrected chi connectivity index (χ0v) is 14.4. The molecule has 3 amide bonds. The van der Waals surface area contributed by atoms with Crippen molar-refractivity contribution in [3.05, 3.63) is 18.2 Å². The van der Waals surface area contributed by atoms with Crippen molar-refractivity contribution in [1.82, 2.24) is 25.5 Å². The Morgan fingerprint density at radius 3 is 2.81 bits per heavy atom. The van der Waals surface area contributed by atoms with Gasteiger partial charge in [0.05, 0.1) is 18.6 Å². The highest BCUT2D eigenvalue weighted by Gasteiger charge is 2.34. The van der Waals surface area contributed by atoms with Crippen LogP contribution < -0.4 is 10.6 Å². The average Bonchev–Trinajstić information content (AvgIpc) is 3.30. The van der Waals surface area contributed by atoms with Crippen LogP contribution in [0.25, 0.3) is 0 Å².